The highest BCUT2D eigenvalue weighted by Gasteiger charge is 2.36. The Bertz CT molecular complexity index is 514. The summed E-state index contributed by atoms with van der Waals surface area (Å²) in [4.78, 5) is 24.8. The molecule has 1 amide bonds. The summed E-state index contributed by atoms with van der Waals surface area (Å²) in [5.74, 6) is -0.591. The number of hydrogen-bond acceptors (Lipinski definition) is 3. The summed E-state index contributed by atoms with van der Waals surface area (Å²) in [5.41, 5.74) is 1.05. The van der Waals surface area contributed by atoms with Gasteiger partial charge in [0.1, 0.15) is 11.8 Å². The molecule has 2 rings (SSSR count). The van der Waals surface area contributed by atoms with Gasteiger partial charge in [-0.15, -0.1) is 0 Å². The van der Waals surface area contributed by atoms with Gasteiger partial charge in [0.25, 0.3) is 5.91 Å². The highest BCUT2D eigenvalue weighted by atomic mass is 16.5. The van der Waals surface area contributed by atoms with Gasteiger partial charge in [0.15, 0.2) is 6.10 Å². The van der Waals surface area contributed by atoms with E-state index in [4.69, 9.17) is 9.84 Å². The number of aryl methyl sites for hydroxylation is 1. The fraction of sp³-hybridized carbons (Fsp3) is 0.467. The van der Waals surface area contributed by atoms with Crippen molar-refractivity contribution < 1.29 is 19.4 Å². The summed E-state index contributed by atoms with van der Waals surface area (Å²) in [6.07, 6.45) is 0.551. The van der Waals surface area contributed by atoms with Gasteiger partial charge < -0.3 is 14.7 Å². The third-order valence-corrected chi connectivity index (χ3v) is 3.47. The largest absolute Gasteiger partial charge is 0.481 e. The number of rotatable bonds is 4. The molecule has 1 aliphatic rings. The molecule has 5 heteroatoms. The molecular formula is C15H19NO4. The van der Waals surface area contributed by atoms with Gasteiger partial charge >= 0.3 is 5.97 Å². The van der Waals surface area contributed by atoms with Crippen LogP contribution < -0.4 is 4.74 Å². The van der Waals surface area contributed by atoms with E-state index >= 15 is 0 Å². The summed E-state index contributed by atoms with van der Waals surface area (Å²) in [6, 6.07) is 6.72. The number of nitrogens with zero attached hydrogens (tertiary/aromatic N) is 1. The lowest BCUT2D eigenvalue weighted by Crippen LogP contribution is -2.46. The van der Waals surface area contributed by atoms with E-state index in [-0.39, 0.29) is 5.91 Å². The number of ether oxygens (including phenoxy) is 1. The van der Waals surface area contributed by atoms with Gasteiger partial charge in [-0.3, -0.25) is 4.79 Å². The molecule has 0 radical (unpaired) electrons. The number of carboxylic acids is 1. The van der Waals surface area contributed by atoms with Crippen molar-refractivity contribution in [2.75, 3.05) is 6.54 Å². The zero-order chi connectivity index (χ0) is 14.7. The number of aliphatic carboxylic acids is 1. The lowest BCUT2D eigenvalue weighted by molar-refractivity contribution is -0.150. The number of amides is 1. The van der Waals surface area contributed by atoms with Crippen molar-refractivity contribution in [3.05, 3.63) is 29.8 Å². The van der Waals surface area contributed by atoms with E-state index < -0.39 is 18.1 Å². The van der Waals surface area contributed by atoms with Crippen LogP contribution in [0.3, 0.4) is 0 Å². The first-order valence-corrected chi connectivity index (χ1v) is 6.75. The molecule has 5 nitrogen and oxygen atoms in total. The summed E-state index contributed by atoms with van der Waals surface area (Å²) >= 11 is 0. The van der Waals surface area contributed by atoms with Crippen molar-refractivity contribution in [2.45, 2.75) is 38.8 Å². The van der Waals surface area contributed by atoms with Crippen LogP contribution in [0, 0.1) is 6.92 Å². The van der Waals surface area contributed by atoms with Crippen molar-refractivity contribution in [2.24, 2.45) is 0 Å². The predicted molar refractivity (Wildman–Crippen MR) is 73.6 cm³/mol. The van der Waals surface area contributed by atoms with Crippen molar-refractivity contribution >= 4 is 11.9 Å². The second kappa shape index (κ2) is 5.94. The minimum atomic E-state index is -0.946. The Kier molecular flexibility index (Phi) is 4.27. The Hall–Kier alpha value is -2.04. The number of carbonyl (C=O) groups is 2. The molecule has 1 N–H and O–H groups in total. The van der Waals surface area contributed by atoms with E-state index in [0.29, 0.717) is 18.7 Å². The van der Waals surface area contributed by atoms with E-state index in [9.17, 15) is 9.59 Å². The maximum atomic E-state index is 12.3. The molecule has 1 aromatic carbocycles. The predicted octanol–water partition coefficient (Wildman–Crippen LogP) is 1.84. The Labute approximate surface area is 118 Å². The quantitative estimate of drug-likeness (QED) is 0.912. The summed E-state index contributed by atoms with van der Waals surface area (Å²) in [5, 5.41) is 9.11. The summed E-state index contributed by atoms with van der Waals surface area (Å²) < 4.78 is 5.61. The van der Waals surface area contributed by atoms with Crippen LogP contribution in [-0.4, -0.2) is 40.6 Å². The Morgan fingerprint density at radius 3 is 2.85 bits per heavy atom. The Morgan fingerprint density at radius 1 is 1.45 bits per heavy atom. The lowest BCUT2D eigenvalue weighted by Gasteiger charge is -2.25. The van der Waals surface area contributed by atoms with E-state index in [1.807, 2.05) is 25.1 Å². The highest BCUT2D eigenvalue weighted by molar-refractivity contribution is 5.87. The van der Waals surface area contributed by atoms with Gasteiger partial charge in [0.05, 0.1) is 0 Å². The molecule has 20 heavy (non-hydrogen) atoms. The molecular weight excluding hydrogens is 258 g/mol. The maximum absolute atomic E-state index is 12.3. The molecule has 108 valence electrons. The summed E-state index contributed by atoms with van der Waals surface area (Å²) in [6.45, 7) is 4.08. The minimum Gasteiger partial charge on any atom is -0.481 e. The molecule has 1 aromatic rings. The van der Waals surface area contributed by atoms with Crippen LogP contribution in [0.2, 0.25) is 0 Å². The van der Waals surface area contributed by atoms with E-state index in [0.717, 1.165) is 12.0 Å². The lowest BCUT2D eigenvalue weighted by atomic mass is 10.2. The van der Waals surface area contributed by atoms with Crippen molar-refractivity contribution in [1.29, 1.82) is 0 Å². The molecule has 0 aliphatic carbocycles. The molecule has 1 aliphatic heterocycles. The molecule has 1 fully saturated rings. The molecule has 0 aromatic heterocycles. The SMILES string of the molecule is Cc1cccc(OC(C)C(=O)N2CCC[C@H]2C(=O)O)c1. The second-order valence-electron chi connectivity index (χ2n) is 5.10. The third kappa shape index (κ3) is 3.10. The minimum absolute atomic E-state index is 0.267. The number of carbonyl (C=O) groups excluding carboxylic acids is 1. The average Bonchev–Trinajstić information content (AvgIpc) is 2.87. The average molecular weight is 277 g/mol. The van der Waals surface area contributed by atoms with Gasteiger partial charge in [0.2, 0.25) is 0 Å². The van der Waals surface area contributed by atoms with Crippen LogP contribution in [0.5, 0.6) is 5.75 Å². The van der Waals surface area contributed by atoms with Crippen molar-refractivity contribution in [3.63, 3.8) is 0 Å². The van der Waals surface area contributed by atoms with E-state index in [2.05, 4.69) is 0 Å². The number of likely N-dealkylation sites (tertiary alicyclic amines) is 1. The standard InChI is InChI=1S/C15H19NO4/c1-10-5-3-6-12(9-10)20-11(2)14(17)16-8-4-7-13(16)15(18)19/h3,5-6,9,11,13H,4,7-8H2,1-2H3,(H,18,19)/t11?,13-/m0/s1. The molecule has 0 bridgehead atoms. The fourth-order valence-corrected chi connectivity index (χ4v) is 2.46. The molecule has 2 atom stereocenters. The number of hydrogen-bond donors (Lipinski definition) is 1. The zero-order valence-electron chi connectivity index (χ0n) is 11.7. The zero-order valence-corrected chi connectivity index (χ0v) is 11.7. The Morgan fingerprint density at radius 2 is 2.20 bits per heavy atom. The first-order chi connectivity index (χ1) is 9.49. The first-order valence-electron chi connectivity index (χ1n) is 6.75. The maximum Gasteiger partial charge on any atom is 0.326 e. The van der Waals surface area contributed by atoms with Crippen LogP contribution >= 0.6 is 0 Å². The van der Waals surface area contributed by atoms with Crippen LogP contribution in [-0.2, 0) is 9.59 Å². The second-order valence-corrected chi connectivity index (χ2v) is 5.10. The monoisotopic (exact) mass is 277 g/mol. The van der Waals surface area contributed by atoms with Gasteiger partial charge in [-0.2, -0.15) is 0 Å². The van der Waals surface area contributed by atoms with Gasteiger partial charge in [-0.25, -0.2) is 4.79 Å². The van der Waals surface area contributed by atoms with Gasteiger partial charge in [-0.05, 0) is 44.4 Å². The van der Waals surface area contributed by atoms with Gasteiger partial charge in [0, 0.05) is 6.54 Å². The van der Waals surface area contributed by atoms with Crippen LogP contribution in [0.15, 0.2) is 24.3 Å². The Balaban J connectivity index is 2.03. The first kappa shape index (κ1) is 14.4. The molecule has 1 heterocycles. The number of carboxylic acid groups (broad SMARTS) is 1. The van der Waals surface area contributed by atoms with Gasteiger partial charge in [-0.1, -0.05) is 12.1 Å². The third-order valence-electron chi connectivity index (χ3n) is 3.47. The molecule has 1 unspecified atom stereocenters. The number of benzene rings is 1. The smallest absolute Gasteiger partial charge is 0.326 e. The van der Waals surface area contributed by atoms with E-state index in [1.165, 1.54) is 4.90 Å². The van der Waals surface area contributed by atoms with Crippen molar-refractivity contribution in [1.82, 2.24) is 4.90 Å². The summed E-state index contributed by atoms with van der Waals surface area (Å²) in [7, 11) is 0. The molecule has 0 saturated carbocycles. The van der Waals surface area contributed by atoms with E-state index in [1.54, 1.807) is 13.0 Å². The molecule has 1 saturated heterocycles. The van der Waals surface area contributed by atoms with Crippen LogP contribution in [0.1, 0.15) is 25.3 Å². The van der Waals surface area contributed by atoms with Crippen LogP contribution in [0.25, 0.3) is 0 Å². The fourth-order valence-electron chi connectivity index (χ4n) is 2.46. The van der Waals surface area contributed by atoms with Crippen LogP contribution in [0.4, 0.5) is 0 Å². The topological polar surface area (TPSA) is 66.8 Å². The molecule has 0 spiro atoms. The van der Waals surface area contributed by atoms with Crippen molar-refractivity contribution in [3.8, 4) is 5.75 Å². The highest BCUT2D eigenvalue weighted by Crippen LogP contribution is 2.20. The normalized spacial score (nSPS) is 19.7.